The maximum absolute atomic E-state index is 12.7. The average molecular weight is 371 g/mol. The van der Waals surface area contributed by atoms with Crippen LogP contribution in [0.1, 0.15) is 36.3 Å². The molecule has 1 fully saturated rings. The van der Waals surface area contributed by atoms with Crippen LogP contribution in [0.15, 0.2) is 35.8 Å². The Balaban J connectivity index is 1.31. The molecule has 5 nitrogen and oxygen atoms in total. The van der Waals surface area contributed by atoms with Gasteiger partial charge in [-0.2, -0.15) is 0 Å². The summed E-state index contributed by atoms with van der Waals surface area (Å²) < 4.78 is 0. The molecule has 0 unspecified atom stereocenters. The minimum Gasteiger partial charge on any atom is -0.346 e. The van der Waals surface area contributed by atoms with Gasteiger partial charge in [-0.1, -0.05) is 24.3 Å². The second-order valence-corrected chi connectivity index (χ2v) is 7.99. The zero-order valence-corrected chi connectivity index (χ0v) is 15.9. The van der Waals surface area contributed by atoms with Gasteiger partial charge in [0, 0.05) is 50.2 Å². The summed E-state index contributed by atoms with van der Waals surface area (Å²) in [5, 5.41) is 6.26. The van der Waals surface area contributed by atoms with Crippen LogP contribution in [0.25, 0.3) is 0 Å². The first-order valence-corrected chi connectivity index (χ1v) is 10.4. The summed E-state index contributed by atoms with van der Waals surface area (Å²) >= 11 is 1.67. The largest absolute Gasteiger partial charge is 0.346 e. The molecule has 0 saturated carbocycles. The molecule has 1 aromatic carbocycles. The van der Waals surface area contributed by atoms with Gasteiger partial charge in [0.15, 0.2) is 5.13 Å². The van der Waals surface area contributed by atoms with Crippen LogP contribution in [-0.4, -0.2) is 48.6 Å². The molecule has 1 N–H and O–H groups in total. The number of urea groups is 1. The van der Waals surface area contributed by atoms with Crippen LogP contribution in [-0.2, 0) is 6.42 Å². The Kier molecular flexibility index (Phi) is 5.39. The lowest BCUT2D eigenvalue weighted by molar-refractivity contribution is 0.200. The van der Waals surface area contributed by atoms with Crippen LogP contribution in [0, 0.1) is 0 Å². The van der Waals surface area contributed by atoms with Crippen molar-refractivity contribution >= 4 is 22.5 Å². The van der Waals surface area contributed by atoms with E-state index in [9.17, 15) is 4.79 Å². The van der Waals surface area contributed by atoms with E-state index >= 15 is 0 Å². The number of nitrogens with zero attached hydrogens (tertiary/aromatic N) is 3. The average Bonchev–Trinajstić information content (AvgIpc) is 3.10. The molecule has 0 spiro atoms. The van der Waals surface area contributed by atoms with Crippen LogP contribution in [0.3, 0.4) is 0 Å². The van der Waals surface area contributed by atoms with Crippen LogP contribution >= 0.6 is 11.3 Å². The molecular weight excluding hydrogens is 344 g/mol. The van der Waals surface area contributed by atoms with Crippen LogP contribution in [0.5, 0.6) is 0 Å². The summed E-state index contributed by atoms with van der Waals surface area (Å²) in [4.78, 5) is 21.3. The van der Waals surface area contributed by atoms with Crippen molar-refractivity contribution in [2.45, 2.75) is 31.6 Å². The molecule has 0 bridgehead atoms. The Labute approximate surface area is 159 Å². The van der Waals surface area contributed by atoms with Crippen molar-refractivity contribution in [1.82, 2.24) is 15.2 Å². The van der Waals surface area contributed by atoms with Gasteiger partial charge >= 0.3 is 6.03 Å². The van der Waals surface area contributed by atoms with Gasteiger partial charge in [0.25, 0.3) is 0 Å². The van der Waals surface area contributed by atoms with Gasteiger partial charge < -0.3 is 15.1 Å². The normalized spacial score (nSPS) is 20.4. The molecule has 2 heterocycles. The molecular formula is C20H26N4OS. The third kappa shape index (κ3) is 3.85. The molecule has 1 aliphatic carbocycles. The molecule has 1 aromatic heterocycles. The Morgan fingerprint density at radius 1 is 1.19 bits per heavy atom. The lowest BCUT2D eigenvalue weighted by Gasteiger charge is -2.27. The van der Waals surface area contributed by atoms with Crippen molar-refractivity contribution in [3.05, 3.63) is 47.0 Å². The number of aryl methyl sites for hydroxylation is 1. The molecule has 2 aromatic rings. The topological polar surface area (TPSA) is 48.5 Å². The number of fused-ring (bicyclic) bond motifs is 1. The van der Waals surface area contributed by atoms with Crippen molar-refractivity contribution in [3.63, 3.8) is 0 Å². The van der Waals surface area contributed by atoms with E-state index in [1.54, 1.807) is 11.3 Å². The highest BCUT2D eigenvalue weighted by atomic mass is 32.1. The number of rotatable bonds is 3. The molecule has 4 rings (SSSR count). The SMILES string of the molecule is O=C(NC[C@H]1CCCc2ccccc21)N1CCCN(c2nccs2)CC1. The Hall–Kier alpha value is -2.08. The second kappa shape index (κ2) is 8.08. The summed E-state index contributed by atoms with van der Waals surface area (Å²) in [7, 11) is 0. The van der Waals surface area contributed by atoms with Gasteiger partial charge in [-0.05, 0) is 36.8 Å². The number of anilines is 1. The van der Waals surface area contributed by atoms with Crippen molar-refractivity contribution in [3.8, 4) is 0 Å². The number of thiazole rings is 1. The van der Waals surface area contributed by atoms with Crippen molar-refractivity contribution in [2.24, 2.45) is 0 Å². The smallest absolute Gasteiger partial charge is 0.317 e. The molecule has 2 aliphatic rings. The lowest BCUT2D eigenvalue weighted by atomic mass is 9.83. The summed E-state index contributed by atoms with van der Waals surface area (Å²) in [6, 6.07) is 8.76. The zero-order valence-electron chi connectivity index (χ0n) is 15.1. The number of amides is 2. The minimum atomic E-state index is 0.0778. The number of carbonyl (C=O) groups is 1. The van der Waals surface area contributed by atoms with Gasteiger partial charge in [-0.3, -0.25) is 0 Å². The Bertz CT molecular complexity index is 733. The first-order valence-electron chi connectivity index (χ1n) is 9.56. The van der Waals surface area contributed by atoms with Crippen molar-refractivity contribution in [1.29, 1.82) is 0 Å². The number of benzene rings is 1. The second-order valence-electron chi connectivity index (χ2n) is 7.12. The third-order valence-electron chi connectivity index (χ3n) is 5.47. The van der Waals surface area contributed by atoms with E-state index in [0.717, 1.165) is 50.7 Å². The van der Waals surface area contributed by atoms with E-state index in [4.69, 9.17) is 0 Å². The Morgan fingerprint density at radius 2 is 2.12 bits per heavy atom. The first kappa shape index (κ1) is 17.3. The number of carbonyl (C=O) groups excluding carboxylic acids is 1. The van der Waals surface area contributed by atoms with Gasteiger partial charge in [-0.15, -0.1) is 11.3 Å². The fourth-order valence-corrected chi connectivity index (χ4v) is 4.77. The van der Waals surface area contributed by atoms with E-state index in [-0.39, 0.29) is 6.03 Å². The summed E-state index contributed by atoms with van der Waals surface area (Å²) in [5.41, 5.74) is 2.87. The molecule has 2 amide bonds. The maximum Gasteiger partial charge on any atom is 0.317 e. The monoisotopic (exact) mass is 370 g/mol. The molecule has 1 aliphatic heterocycles. The van der Waals surface area contributed by atoms with Crippen LogP contribution < -0.4 is 10.2 Å². The number of hydrogen-bond acceptors (Lipinski definition) is 4. The van der Waals surface area contributed by atoms with Gasteiger partial charge in [0.1, 0.15) is 0 Å². The third-order valence-corrected chi connectivity index (χ3v) is 6.30. The fourth-order valence-electron chi connectivity index (χ4n) is 4.07. The van der Waals surface area contributed by atoms with Gasteiger partial charge in [0.2, 0.25) is 0 Å². The highest BCUT2D eigenvalue weighted by molar-refractivity contribution is 7.13. The quantitative estimate of drug-likeness (QED) is 0.900. The number of nitrogens with one attached hydrogen (secondary N) is 1. The van der Waals surface area contributed by atoms with Crippen molar-refractivity contribution < 1.29 is 4.79 Å². The van der Waals surface area contributed by atoms with Crippen molar-refractivity contribution in [2.75, 3.05) is 37.6 Å². The van der Waals surface area contributed by atoms with E-state index < -0.39 is 0 Å². The fraction of sp³-hybridized carbons (Fsp3) is 0.500. The number of aromatic nitrogens is 1. The van der Waals surface area contributed by atoms with E-state index in [1.165, 1.54) is 24.0 Å². The zero-order chi connectivity index (χ0) is 17.8. The molecule has 26 heavy (non-hydrogen) atoms. The predicted molar refractivity (Wildman–Crippen MR) is 106 cm³/mol. The minimum absolute atomic E-state index is 0.0778. The molecule has 1 atom stereocenters. The molecule has 6 heteroatoms. The van der Waals surface area contributed by atoms with Crippen LogP contribution in [0.4, 0.5) is 9.93 Å². The van der Waals surface area contributed by atoms with E-state index in [0.29, 0.717) is 5.92 Å². The first-order chi connectivity index (χ1) is 12.8. The summed E-state index contributed by atoms with van der Waals surface area (Å²) in [6.07, 6.45) is 6.37. The van der Waals surface area contributed by atoms with E-state index in [1.807, 2.05) is 16.5 Å². The molecule has 1 saturated heterocycles. The standard InChI is InChI=1S/C20H26N4OS/c25-19(22-15-17-7-3-6-16-5-1-2-8-18(16)17)23-10-4-11-24(13-12-23)20-21-9-14-26-20/h1-2,5,8-9,14,17H,3-4,6-7,10-13,15H2,(H,22,25)/t17-/m1/s1. The number of hydrogen-bond donors (Lipinski definition) is 1. The van der Waals surface area contributed by atoms with Gasteiger partial charge in [0.05, 0.1) is 0 Å². The summed E-state index contributed by atoms with van der Waals surface area (Å²) in [5.74, 6) is 0.447. The van der Waals surface area contributed by atoms with Crippen LogP contribution in [0.2, 0.25) is 0 Å². The maximum atomic E-state index is 12.7. The highest BCUT2D eigenvalue weighted by Gasteiger charge is 2.23. The summed E-state index contributed by atoms with van der Waals surface area (Å²) in [6.45, 7) is 4.13. The predicted octanol–water partition coefficient (Wildman–Crippen LogP) is 3.48. The Morgan fingerprint density at radius 3 is 3.00 bits per heavy atom. The van der Waals surface area contributed by atoms with Gasteiger partial charge in [-0.25, -0.2) is 9.78 Å². The molecule has 0 radical (unpaired) electrons. The lowest BCUT2D eigenvalue weighted by Crippen LogP contribution is -2.43. The highest BCUT2D eigenvalue weighted by Crippen LogP contribution is 2.30. The van der Waals surface area contributed by atoms with E-state index in [2.05, 4.69) is 39.5 Å². The molecule has 138 valence electrons.